The molecule has 4 nitrogen and oxygen atoms in total. The van der Waals surface area contributed by atoms with Gasteiger partial charge in [0.05, 0.1) is 12.5 Å². The smallest absolute Gasteiger partial charge is 0.246 e. The minimum absolute atomic E-state index is 0.0930. The fraction of sp³-hybridized carbons (Fsp3) is 0.400. The van der Waals surface area contributed by atoms with Gasteiger partial charge in [-0.3, -0.25) is 4.79 Å². The van der Waals surface area contributed by atoms with E-state index in [0.717, 1.165) is 36.0 Å². The van der Waals surface area contributed by atoms with Crippen molar-refractivity contribution in [1.82, 2.24) is 9.47 Å². The van der Waals surface area contributed by atoms with Crippen molar-refractivity contribution >= 4 is 22.9 Å². The van der Waals surface area contributed by atoms with Crippen LogP contribution in [-0.4, -0.2) is 28.5 Å². The van der Waals surface area contributed by atoms with Gasteiger partial charge in [-0.1, -0.05) is 25.1 Å². The van der Waals surface area contributed by atoms with E-state index in [2.05, 4.69) is 29.7 Å². The lowest BCUT2D eigenvalue weighted by Crippen LogP contribution is -2.38. The molecule has 1 unspecified atom stereocenters. The third-order valence-corrected chi connectivity index (χ3v) is 4.66. The van der Waals surface area contributed by atoms with Crippen molar-refractivity contribution in [3.8, 4) is 6.07 Å². The maximum Gasteiger partial charge on any atom is 0.246 e. The number of carbonyl (C=O) groups excluding carboxylic acids is 1. The van der Waals surface area contributed by atoms with Crippen molar-refractivity contribution in [3.63, 3.8) is 0 Å². The van der Waals surface area contributed by atoms with Gasteiger partial charge in [0.2, 0.25) is 5.91 Å². The van der Waals surface area contributed by atoms with Gasteiger partial charge >= 0.3 is 0 Å². The first-order chi connectivity index (χ1) is 11.7. The molecule has 0 radical (unpaired) electrons. The molecule has 3 rings (SSSR count). The van der Waals surface area contributed by atoms with Crippen LogP contribution in [0.4, 0.5) is 0 Å². The third kappa shape index (κ3) is 3.51. The summed E-state index contributed by atoms with van der Waals surface area (Å²) in [5.41, 5.74) is 2.13. The van der Waals surface area contributed by atoms with Crippen molar-refractivity contribution in [2.45, 2.75) is 32.7 Å². The van der Waals surface area contributed by atoms with E-state index >= 15 is 0 Å². The van der Waals surface area contributed by atoms with Crippen molar-refractivity contribution in [3.05, 3.63) is 42.1 Å². The quantitative estimate of drug-likeness (QED) is 0.804. The first kappa shape index (κ1) is 16.3. The summed E-state index contributed by atoms with van der Waals surface area (Å²) >= 11 is 0. The van der Waals surface area contributed by atoms with Gasteiger partial charge in [0.15, 0.2) is 0 Å². The van der Waals surface area contributed by atoms with Crippen LogP contribution in [0.1, 0.15) is 31.7 Å². The molecular weight excluding hydrogens is 298 g/mol. The monoisotopic (exact) mass is 321 g/mol. The van der Waals surface area contributed by atoms with Crippen molar-refractivity contribution in [1.29, 1.82) is 5.26 Å². The number of likely N-dealkylation sites (tertiary alicyclic amines) is 1. The standard InChI is InChI=1S/C20H23N3O/c1-16-6-4-12-23(14-16)20(24)10-9-17-15-22(13-5-11-21)19-8-3-2-7-18(17)19/h2-3,7-10,15-16H,4-6,12-14H2,1H3/b10-9+. The maximum atomic E-state index is 12.4. The number of nitriles is 1. The lowest BCUT2D eigenvalue weighted by Gasteiger charge is -2.30. The second-order valence-electron chi connectivity index (χ2n) is 6.57. The highest BCUT2D eigenvalue weighted by atomic mass is 16.2. The topological polar surface area (TPSA) is 49.0 Å². The Balaban J connectivity index is 1.81. The summed E-state index contributed by atoms with van der Waals surface area (Å²) in [4.78, 5) is 14.4. The molecule has 124 valence electrons. The number of rotatable bonds is 4. The van der Waals surface area contributed by atoms with E-state index in [1.165, 1.54) is 6.42 Å². The van der Waals surface area contributed by atoms with Crippen LogP contribution >= 0.6 is 0 Å². The number of hydrogen-bond donors (Lipinski definition) is 0. The van der Waals surface area contributed by atoms with Crippen LogP contribution in [0.15, 0.2) is 36.5 Å². The summed E-state index contributed by atoms with van der Waals surface area (Å²) in [5, 5.41) is 9.94. The van der Waals surface area contributed by atoms with E-state index in [4.69, 9.17) is 5.26 Å². The molecule has 2 aromatic rings. The lowest BCUT2D eigenvalue weighted by molar-refractivity contribution is -0.127. The third-order valence-electron chi connectivity index (χ3n) is 4.66. The fourth-order valence-corrected chi connectivity index (χ4v) is 3.42. The number of hydrogen-bond acceptors (Lipinski definition) is 2. The Kier molecular flexibility index (Phi) is 5.00. The van der Waals surface area contributed by atoms with E-state index in [9.17, 15) is 4.79 Å². The van der Waals surface area contributed by atoms with Crippen LogP contribution in [0.2, 0.25) is 0 Å². The molecule has 0 N–H and O–H groups in total. The molecule has 2 heterocycles. The van der Waals surface area contributed by atoms with E-state index in [-0.39, 0.29) is 5.91 Å². The Morgan fingerprint density at radius 1 is 1.42 bits per heavy atom. The van der Waals surface area contributed by atoms with E-state index in [0.29, 0.717) is 18.9 Å². The van der Waals surface area contributed by atoms with Crippen LogP contribution in [0, 0.1) is 17.2 Å². The van der Waals surface area contributed by atoms with Crippen LogP contribution in [0.3, 0.4) is 0 Å². The molecule has 0 aliphatic carbocycles. The minimum Gasteiger partial charge on any atom is -0.346 e. The molecule has 1 atom stereocenters. The largest absolute Gasteiger partial charge is 0.346 e. The molecule has 1 amide bonds. The molecule has 1 fully saturated rings. The Bertz CT molecular complexity index is 797. The van der Waals surface area contributed by atoms with Crippen molar-refractivity contribution in [2.75, 3.05) is 13.1 Å². The molecule has 0 bridgehead atoms. The number of fused-ring (bicyclic) bond motifs is 1. The molecule has 1 aliphatic rings. The summed E-state index contributed by atoms with van der Waals surface area (Å²) in [6, 6.07) is 10.3. The zero-order valence-electron chi connectivity index (χ0n) is 14.1. The number of carbonyl (C=O) groups is 1. The summed E-state index contributed by atoms with van der Waals surface area (Å²) in [6.45, 7) is 4.58. The van der Waals surface area contributed by atoms with E-state index in [1.807, 2.05) is 29.3 Å². The average Bonchev–Trinajstić information content (AvgIpc) is 2.96. The predicted octanol–water partition coefficient (Wildman–Crippen LogP) is 3.83. The second-order valence-corrected chi connectivity index (χ2v) is 6.57. The normalized spacial score (nSPS) is 18.2. The van der Waals surface area contributed by atoms with Crippen molar-refractivity contribution in [2.24, 2.45) is 5.92 Å². The molecular formula is C20H23N3O. The summed E-state index contributed by atoms with van der Waals surface area (Å²) in [6.07, 6.45) is 8.41. The minimum atomic E-state index is 0.0930. The molecule has 24 heavy (non-hydrogen) atoms. The number of para-hydroxylation sites is 1. The van der Waals surface area contributed by atoms with Crippen LogP contribution in [0.25, 0.3) is 17.0 Å². The lowest BCUT2D eigenvalue weighted by atomic mass is 10.0. The zero-order chi connectivity index (χ0) is 16.9. The van der Waals surface area contributed by atoms with Gasteiger partial charge < -0.3 is 9.47 Å². The fourth-order valence-electron chi connectivity index (χ4n) is 3.42. The van der Waals surface area contributed by atoms with Crippen LogP contribution in [-0.2, 0) is 11.3 Å². The number of benzene rings is 1. The molecule has 0 spiro atoms. The van der Waals surface area contributed by atoms with Gasteiger partial charge in [-0.25, -0.2) is 0 Å². The number of nitrogens with zero attached hydrogens (tertiary/aromatic N) is 3. The summed E-state index contributed by atoms with van der Waals surface area (Å²) < 4.78 is 2.09. The van der Waals surface area contributed by atoms with Gasteiger partial charge in [-0.15, -0.1) is 0 Å². The Hall–Kier alpha value is -2.54. The van der Waals surface area contributed by atoms with Gasteiger partial charge in [-0.2, -0.15) is 5.26 Å². The number of amides is 1. The van der Waals surface area contributed by atoms with E-state index < -0.39 is 0 Å². The van der Waals surface area contributed by atoms with E-state index in [1.54, 1.807) is 6.08 Å². The first-order valence-corrected chi connectivity index (χ1v) is 8.61. The molecule has 1 aliphatic heterocycles. The second kappa shape index (κ2) is 7.35. The predicted molar refractivity (Wildman–Crippen MR) is 96.2 cm³/mol. The average molecular weight is 321 g/mol. The first-order valence-electron chi connectivity index (χ1n) is 8.61. The molecule has 1 aromatic carbocycles. The number of aryl methyl sites for hydroxylation is 1. The van der Waals surface area contributed by atoms with Gasteiger partial charge in [0.25, 0.3) is 0 Å². The molecule has 1 aromatic heterocycles. The van der Waals surface area contributed by atoms with Gasteiger partial charge in [0.1, 0.15) is 0 Å². The molecule has 4 heteroatoms. The summed E-state index contributed by atoms with van der Waals surface area (Å²) in [7, 11) is 0. The van der Waals surface area contributed by atoms with Crippen molar-refractivity contribution < 1.29 is 4.79 Å². The number of piperidine rings is 1. The molecule has 0 saturated carbocycles. The molecule has 1 saturated heterocycles. The zero-order valence-corrected chi connectivity index (χ0v) is 14.1. The Morgan fingerprint density at radius 3 is 3.04 bits per heavy atom. The highest BCUT2D eigenvalue weighted by Crippen LogP contribution is 2.23. The number of aromatic nitrogens is 1. The van der Waals surface area contributed by atoms with Crippen LogP contribution < -0.4 is 0 Å². The highest BCUT2D eigenvalue weighted by molar-refractivity contribution is 5.96. The SMILES string of the molecule is CC1CCCN(C(=O)/C=C/c2cn(CCC#N)c3ccccc23)C1. The maximum absolute atomic E-state index is 12.4. The van der Waals surface area contributed by atoms with Gasteiger partial charge in [-0.05, 0) is 30.9 Å². The Labute approximate surface area is 143 Å². The highest BCUT2D eigenvalue weighted by Gasteiger charge is 2.19. The summed E-state index contributed by atoms with van der Waals surface area (Å²) in [5.74, 6) is 0.680. The van der Waals surface area contributed by atoms with Crippen LogP contribution in [0.5, 0.6) is 0 Å². The Morgan fingerprint density at radius 2 is 2.25 bits per heavy atom. The van der Waals surface area contributed by atoms with Gasteiger partial charge in [0, 0.05) is 48.4 Å².